The summed E-state index contributed by atoms with van der Waals surface area (Å²) in [4.78, 5) is 2.81. The SMILES string of the molecule is CC1CCCN(CC2(CNC3CC3)CCCCC2)CC1. The molecule has 0 spiro atoms. The number of rotatable bonds is 5. The summed E-state index contributed by atoms with van der Waals surface area (Å²) in [6, 6.07) is 0.873. The highest BCUT2D eigenvalue weighted by molar-refractivity contribution is 4.91. The Morgan fingerprint density at radius 3 is 2.50 bits per heavy atom. The molecule has 3 aliphatic rings. The maximum absolute atomic E-state index is 3.85. The topological polar surface area (TPSA) is 15.3 Å². The van der Waals surface area contributed by atoms with Crippen molar-refractivity contribution < 1.29 is 0 Å². The highest BCUT2D eigenvalue weighted by atomic mass is 15.1. The van der Waals surface area contributed by atoms with Crippen LogP contribution in [0.2, 0.25) is 0 Å². The second-order valence-electron chi connectivity index (χ2n) is 8.03. The third kappa shape index (κ3) is 4.21. The van der Waals surface area contributed by atoms with E-state index in [1.807, 2.05) is 0 Å². The maximum atomic E-state index is 3.85. The molecule has 1 heterocycles. The van der Waals surface area contributed by atoms with E-state index in [1.54, 1.807) is 0 Å². The quantitative estimate of drug-likeness (QED) is 0.822. The number of nitrogens with zero attached hydrogens (tertiary/aromatic N) is 1. The van der Waals surface area contributed by atoms with Gasteiger partial charge in [-0.3, -0.25) is 0 Å². The van der Waals surface area contributed by atoms with Crippen molar-refractivity contribution in [3.63, 3.8) is 0 Å². The molecule has 1 unspecified atom stereocenters. The summed E-state index contributed by atoms with van der Waals surface area (Å²) in [6.07, 6.45) is 14.5. The second kappa shape index (κ2) is 6.79. The van der Waals surface area contributed by atoms with Crippen molar-refractivity contribution in [1.29, 1.82) is 0 Å². The molecule has 2 aliphatic carbocycles. The Hall–Kier alpha value is -0.0800. The first kappa shape index (κ1) is 14.8. The molecule has 2 nitrogen and oxygen atoms in total. The van der Waals surface area contributed by atoms with E-state index in [4.69, 9.17) is 0 Å². The first-order valence-electron chi connectivity index (χ1n) is 9.22. The van der Waals surface area contributed by atoms with Crippen molar-refractivity contribution in [3.8, 4) is 0 Å². The van der Waals surface area contributed by atoms with Gasteiger partial charge in [0.15, 0.2) is 0 Å². The summed E-state index contributed by atoms with van der Waals surface area (Å²) in [5, 5.41) is 3.85. The molecule has 0 aromatic carbocycles. The molecule has 0 radical (unpaired) electrons. The molecule has 1 atom stereocenters. The Bertz CT molecular complexity index is 292. The van der Waals surface area contributed by atoms with Crippen LogP contribution in [0.25, 0.3) is 0 Å². The lowest BCUT2D eigenvalue weighted by atomic mass is 9.73. The monoisotopic (exact) mass is 278 g/mol. The van der Waals surface area contributed by atoms with Gasteiger partial charge in [0.1, 0.15) is 0 Å². The van der Waals surface area contributed by atoms with Crippen LogP contribution in [0.5, 0.6) is 0 Å². The molecule has 2 saturated carbocycles. The van der Waals surface area contributed by atoms with Gasteiger partial charge < -0.3 is 10.2 Å². The Labute approximate surface area is 125 Å². The summed E-state index contributed by atoms with van der Waals surface area (Å²) >= 11 is 0. The summed E-state index contributed by atoms with van der Waals surface area (Å²) < 4.78 is 0. The molecule has 3 fully saturated rings. The van der Waals surface area contributed by atoms with Crippen molar-refractivity contribution >= 4 is 0 Å². The molecular weight excluding hydrogens is 244 g/mol. The molecular formula is C18H34N2. The van der Waals surface area contributed by atoms with Gasteiger partial charge in [-0.15, -0.1) is 0 Å². The van der Waals surface area contributed by atoms with Crippen LogP contribution in [0, 0.1) is 11.3 Å². The highest BCUT2D eigenvalue weighted by Crippen LogP contribution is 2.38. The third-order valence-electron chi connectivity index (χ3n) is 5.93. The zero-order valence-corrected chi connectivity index (χ0v) is 13.5. The predicted molar refractivity (Wildman–Crippen MR) is 86.0 cm³/mol. The number of nitrogens with one attached hydrogen (secondary N) is 1. The van der Waals surface area contributed by atoms with Gasteiger partial charge in [0.05, 0.1) is 0 Å². The van der Waals surface area contributed by atoms with E-state index in [2.05, 4.69) is 17.1 Å². The molecule has 20 heavy (non-hydrogen) atoms. The standard InChI is InChI=1S/C18H34N2/c1-16-6-5-12-20(13-9-16)15-18(10-3-2-4-11-18)14-19-17-7-8-17/h16-17,19H,2-15H2,1H3. The van der Waals surface area contributed by atoms with Crippen molar-refractivity contribution in [2.75, 3.05) is 26.2 Å². The number of hydrogen-bond donors (Lipinski definition) is 1. The highest BCUT2D eigenvalue weighted by Gasteiger charge is 2.35. The van der Waals surface area contributed by atoms with Gasteiger partial charge in [-0.05, 0) is 69.4 Å². The average Bonchev–Trinajstić information content (AvgIpc) is 3.28. The molecule has 0 aromatic rings. The summed E-state index contributed by atoms with van der Waals surface area (Å²) in [6.45, 7) is 7.82. The fourth-order valence-electron chi connectivity index (χ4n) is 4.30. The van der Waals surface area contributed by atoms with Crippen molar-refractivity contribution in [2.45, 2.75) is 77.2 Å². The van der Waals surface area contributed by atoms with Gasteiger partial charge in [-0.25, -0.2) is 0 Å². The molecule has 3 rings (SSSR count). The van der Waals surface area contributed by atoms with Gasteiger partial charge >= 0.3 is 0 Å². The Balaban J connectivity index is 1.56. The van der Waals surface area contributed by atoms with E-state index in [-0.39, 0.29) is 0 Å². The Morgan fingerprint density at radius 2 is 1.75 bits per heavy atom. The molecule has 1 aliphatic heterocycles. The largest absolute Gasteiger partial charge is 0.313 e. The molecule has 2 heteroatoms. The lowest BCUT2D eigenvalue weighted by molar-refractivity contribution is 0.103. The van der Waals surface area contributed by atoms with Crippen molar-refractivity contribution in [1.82, 2.24) is 10.2 Å². The second-order valence-corrected chi connectivity index (χ2v) is 8.03. The smallest absolute Gasteiger partial charge is 0.00684 e. The first-order chi connectivity index (χ1) is 9.76. The normalized spacial score (nSPS) is 31.9. The van der Waals surface area contributed by atoms with Crippen molar-refractivity contribution in [3.05, 3.63) is 0 Å². The van der Waals surface area contributed by atoms with Crippen LogP contribution < -0.4 is 5.32 Å². The van der Waals surface area contributed by atoms with Gasteiger partial charge in [0.2, 0.25) is 0 Å². The maximum Gasteiger partial charge on any atom is 0.00684 e. The van der Waals surface area contributed by atoms with Crippen molar-refractivity contribution in [2.24, 2.45) is 11.3 Å². The van der Waals surface area contributed by atoms with Gasteiger partial charge in [-0.1, -0.05) is 26.2 Å². The Kier molecular flexibility index (Phi) is 5.04. The average molecular weight is 278 g/mol. The summed E-state index contributed by atoms with van der Waals surface area (Å²) in [5.41, 5.74) is 0.606. The van der Waals surface area contributed by atoms with E-state index in [0.717, 1.165) is 12.0 Å². The van der Waals surface area contributed by atoms with Gasteiger partial charge in [0, 0.05) is 19.1 Å². The minimum absolute atomic E-state index is 0.606. The molecule has 116 valence electrons. The van der Waals surface area contributed by atoms with E-state index < -0.39 is 0 Å². The van der Waals surface area contributed by atoms with Crippen LogP contribution in [-0.2, 0) is 0 Å². The fraction of sp³-hybridized carbons (Fsp3) is 1.00. The van der Waals surface area contributed by atoms with E-state index in [1.165, 1.54) is 90.4 Å². The van der Waals surface area contributed by atoms with E-state index >= 15 is 0 Å². The fourth-order valence-corrected chi connectivity index (χ4v) is 4.30. The molecule has 1 N–H and O–H groups in total. The van der Waals surface area contributed by atoms with Gasteiger partial charge in [-0.2, -0.15) is 0 Å². The molecule has 1 saturated heterocycles. The minimum atomic E-state index is 0.606. The summed E-state index contributed by atoms with van der Waals surface area (Å²) in [7, 11) is 0. The lowest BCUT2D eigenvalue weighted by Gasteiger charge is -2.41. The summed E-state index contributed by atoms with van der Waals surface area (Å²) in [5.74, 6) is 0.951. The minimum Gasteiger partial charge on any atom is -0.313 e. The molecule has 0 aromatic heterocycles. The predicted octanol–water partition coefficient (Wildman–Crippen LogP) is 3.81. The van der Waals surface area contributed by atoms with Gasteiger partial charge in [0.25, 0.3) is 0 Å². The Morgan fingerprint density at radius 1 is 0.950 bits per heavy atom. The number of likely N-dealkylation sites (tertiary alicyclic amines) is 1. The van der Waals surface area contributed by atoms with E-state index in [0.29, 0.717) is 5.41 Å². The number of hydrogen-bond acceptors (Lipinski definition) is 2. The first-order valence-corrected chi connectivity index (χ1v) is 9.22. The van der Waals surface area contributed by atoms with Crippen LogP contribution >= 0.6 is 0 Å². The van der Waals surface area contributed by atoms with Crippen LogP contribution in [0.1, 0.15) is 71.1 Å². The van der Waals surface area contributed by atoms with Crippen LogP contribution in [0.4, 0.5) is 0 Å². The lowest BCUT2D eigenvalue weighted by Crippen LogP contribution is -2.46. The molecule has 0 bridgehead atoms. The van der Waals surface area contributed by atoms with Crippen LogP contribution in [0.3, 0.4) is 0 Å². The zero-order valence-electron chi connectivity index (χ0n) is 13.5. The third-order valence-corrected chi connectivity index (χ3v) is 5.93. The van der Waals surface area contributed by atoms with E-state index in [9.17, 15) is 0 Å². The molecule has 0 amide bonds. The van der Waals surface area contributed by atoms with Crippen LogP contribution in [0.15, 0.2) is 0 Å². The zero-order chi connectivity index (χ0) is 13.8. The van der Waals surface area contributed by atoms with Crippen LogP contribution in [-0.4, -0.2) is 37.1 Å².